The van der Waals surface area contributed by atoms with Crippen molar-refractivity contribution < 1.29 is 4.79 Å². The van der Waals surface area contributed by atoms with E-state index in [1.807, 2.05) is 24.3 Å². The van der Waals surface area contributed by atoms with Crippen molar-refractivity contribution >= 4 is 11.5 Å². The summed E-state index contributed by atoms with van der Waals surface area (Å²) in [4.78, 5) is 24.4. The fourth-order valence-corrected chi connectivity index (χ4v) is 5.05. The third kappa shape index (κ3) is 4.21. The van der Waals surface area contributed by atoms with E-state index in [4.69, 9.17) is 4.99 Å². The molecule has 0 saturated carbocycles. The van der Waals surface area contributed by atoms with Gasteiger partial charge in [0, 0.05) is 48.6 Å². The molecule has 4 heteroatoms. The van der Waals surface area contributed by atoms with Crippen LogP contribution < -0.4 is 0 Å². The topological polar surface area (TPSA) is 45.6 Å². The quantitative estimate of drug-likeness (QED) is 0.572. The number of fused-ring (bicyclic) bond motifs is 1. The lowest BCUT2D eigenvalue weighted by Crippen LogP contribution is -2.37. The lowest BCUT2D eigenvalue weighted by atomic mass is 9.81. The molecule has 0 spiro atoms. The number of Topliss-reactive ketones (excluding diaryl/α,β-unsaturated/α-hetero) is 1. The zero-order valence-corrected chi connectivity index (χ0v) is 17.9. The predicted octanol–water partition coefficient (Wildman–Crippen LogP) is 4.74. The summed E-state index contributed by atoms with van der Waals surface area (Å²) < 4.78 is 0. The molecule has 4 nitrogen and oxygen atoms in total. The summed E-state index contributed by atoms with van der Waals surface area (Å²) in [5, 5.41) is 0. The first-order valence-electron chi connectivity index (χ1n) is 11.0. The van der Waals surface area contributed by atoms with Gasteiger partial charge < -0.3 is 4.90 Å². The van der Waals surface area contributed by atoms with E-state index in [-0.39, 0.29) is 5.78 Å². The molecule has 5 rings (SSSR count). The van der Waals surface area contributed by atoms with E-state index >= 15 is 0 Å². The zero-order chi connectivity index (χ0) is 21.2. The van der Waals surface area contributed by atoms with Crippen molar-refractivity contribution in [2.24, 2.45) is 10.9 Å². The van der Waals surface area contributed by atoms with Gasteiger partial charge in [0.1, 0.15) is 0 Å². The highest BCUT2D eigenvalue weighted by atomic mass is 16.1. The molecule has 2 atom stereocenters. The summed E-state index contributed by atoms with van der Waals surface area (Å²) in [7, 11) is 2.17. The molecular formula is C27H27N3O. The number of likely N-dealkylation sites (N-methyl/N-ethyl adjacent to an activating group) is 1. The number of aromatic nitrogens is 1. The molecule has 1 fully saturated rings. The van der Waals surface area contributed by atoms with Crippen LogP contribution >= 0.6 is 0 Å². The number of aliphatic imine (C=N–C) groups is 1. The van der Waals surface area contributed by atoms with Crippen LogP contribution in [0.3, 0.4) is 0 Å². The van der Waals surface area contributed by atoms with Crippen molar-refractivity contribution in [2.45, 2.75) is 25.3 Å². The Labute approximate surface area is 183 Å². The number of nitrogens with zero attached hydrogens (tertiary/aromatic N) is 3. The molecule has 156 valence electrons. The number of hydrogen-bond donors (Lipinski definition) is 0. The van der Waals surface area contributed by atoms with E-state index in [0.29, 0.717) is 24.8 Å². The minimum Gasteiger partial charge on any atom is -0.305 e. The lowest BCUT2D eigenvalue weighted by molar-refractivity contribution is 0.0920. The molecule has 1 saturated heterocycles. The van der Waals surface area contributed by atoms with Crippen LogP contribution in [0.4, 0.5) is 0 Å². The van der Waals surface area contributed by atoms with E-state index in [0.717, 1.165) is 41.9 Å². The van der Waals surface area contributed by atoms with Crippen LogP contribution in [0.15, 0.2) is 78.0 Å². The predicted molar refractivity (Wildman–Crippen MR) is 124 cm³/mol. The largest absolute Gasteiger partial charge is 0.305 e. The van der Waals surface area contributed by atoms with Gasteiger partial charge in [0.25, 0.3) is 0 Å². The van der Waals surface area contributed by atoms with Gasteiger partial charge >= 0.3 is 0 Å². The van der Waals surface area contributed by atoms with Crippen LogP contribution in [0.25, 0.3) is 0 Å². The van der Waals surface area contributed by atoms with Crippen LogP contribution in [0, 0.1) is 5.92 Å². The van der Waals surface area contributed by atoms with Crippen molar-refractivity contribution in [2.75, 3.05) is 20.1 Å². The number of carbonyl (C=O) groups excluding carboxylic acids is 1. The maximum Gasteiger partial charge on any atom is 0.163 e. The van der Waals surface area contributed by atoms with E-state index in [2.05, 4.69) is 53.3 Å². The maximum atomic E-state index is 13.2. The summed E-state index contributed by atoms with van der Waals surface area (Å²) in [5.74, 6) is 1.09. The normalized spacial score (nSPS) is 20.9. The van der Waals surface area contributed by atoms with Crippen molar-refractivity contribution in [3.8, 4) is 0 Å². The summed E-state index contributed by atoms with van der Waals surface area (Å²) in [6.45, 7) is 2.71. The molecule has 31 heavy (non-hydrogen) atoms. The Balaban J connectivity index is 1.33. The molecule has 2 aliphatic rings. The van der Waals surface area contributed by atoms with Crippen LogP contribution in [0.2, 0.25) is 0 Å². The van der Waals surface area contributed by atoms with Crippen molar-refractivity contribution in [3.63, 3.8) is 0 Å². The third-order valence-electron chi connectivity index (χ3n) is 6.51. The van der Waals surface area contributed by atoms with Gasteiger partial charge in [-0.1, -0.05) is 42.5 Å². The van der Waals surface area contributed by atoms with Gasteiger partial charge in [-0.25, -0.2) is 0 Å². The summed E-state index contributed by atoms with van der Waals surface area (Å²) >= 11 is 0. The second kappa shape index (κ2) is 8.56. The summed E-state index contributed by atoms with van der Waals surface area (Å²) in [6, 6.07) is 20.8. The average Bonchev–Trinajstić information content (AvgIpc) is 3.23. The highest BCUT2D eigenvalue weighted by Crippen LogP contribution is 2.32. The number of likely N-dealkylation sites (tertiary alicyclic amines) is 1. The standard InChI is InChI=1S/C27H27N3O/c1-30-17-19(13-24(18-30)20-5-3-2-4-6-20)14-26(31)22-7-8-23-16-29-27(25(23)15-22)21-9-11-28-12-10-21/h2-12,15,19,24H,13-14,16-18H2,1H3. The van der Waals surface area contributed by atoms with Gasteiger partial charge in [0.15, 0.2) is 5.78 Å². The zero-order valence-electron chi connectivity index (χ0n) is 17.9. The number of piperidine rings is 1. The number of ketones is 1. The molecule has 3 heterocycles. The number of rotatable bonds is 5. The Morgan fingerprint density at radius 3 is 2.65 bits per heavy atom. The van der Waals surface area contributed by atoms with Crippen LogP contribution in [0.1, 0.15) is 51.4 Å². The Kier molecular flexibility index (Phi) is 5.47. The fourth-order valence-electron chi connectivity index (χ4n) is 5.05. The van der Waals surface area contributed by atoms with E-state index < -0.39 is 0 Å². The second-order valence-electron chi connectivity index (χ2n) is 8.83. The first-order chi connectivity index (χ1) is 15.2. The molecule has 0 N–H and O–H groups in total. The molecule has 0 bridgehead atoms. The Morgan fingerprint density at radius 2 is 1.84 bits per heavy atom. The van der Waals surface area contributed by atoms with Crippen LogP contribution in [0.5, 0.6) is 0 Å². The van der Waals surface area contributed by atoms with Gasteiger partial charge in [-0.2, -0.15) is 0 Å². The molecule has 0 amide bonds. The average molecular weight is 410 g/mol. The van der Waals surface area contributed by atoms with Gasteiger partial charge in [-0.05, 0) is 54.6 Å². The number of hydrogen-bond acceptors (Lipinski definition) is 4. The molecule has 0 aliphatic carbocycles. The fraction of sp³-hybridized carbons (Fsp3) is 0.296. The van der Waals surface area contributed by atoms with Gasteiger partial charge in [0.05, 0.1) is 12.3 Å². The minimum absolute atomic E-state index is 0.232. The maximum absolute atomic E-state index is 13.2. The Morgan fingerprint density at radius 1 is 1.03 bits per heavy atom. The molecule has 2 aliphatic heterocycles. The molecule has 1 aromatic heterocycles. The summed E-state index contributed by atoms with van der Waals surface area (Å²) in [5.41, 5.74) is 6.46. The molecule has 0 radical (unpaired) electrons. The highest BCUT2D eigenvalue weighted by molar-refractivity contribution is 6.16. The Hall–Kier alpha value is -3.11. The molecular weight excluding hydrogens is 382 g/mol. The minimum atomic E-state index is 0.232. The number of carbonyl (C=O) groups is 1. The van der Waals surface area contributed by atoms with Crippen molar-refractivity contribution in [1.82, 2.24) is 9.88 Å². The molecule has 2 aromatic carbocycles. The smallest absolute Gasteiger partial charge is 0.163 e. The molecule has 3 aromatic rings. The monoisotopic (exact) mass is 409 g/mol. The van der Waals surface area contributed by atoms with Crippen LogP contribution in [-0.4, -0.2) is 41.5 Å². The number of benzene rings is 2. The van der Waals surface area contributed by atoms with Gasteiger partial charge in [0.2, 0.25) is 0 Å². The lowest BCUT2D eigenvalue weighted by Gasteiger charge is -2.35. The molecule has 2 unspecified atom stereocenters. The van der Waals surface area contributed by atoms with Crippen molar-refractivity contribution in [1.29, 1.82) is 0 Å². The SMILES string of the molecule is CN1CC(CC(=O)c2ccc3c(c2)C(c2ccncc2)=NC3)CC(c2ccccc2)C1. The first-order valence-corrected chi connectivity index (χ1v) is 11.0. The van der Waals surface area contributed by atoms with Gasteiger partial charge in [-0.15, -0.1) is 0 Å². The van der Waals surface area contributed by atoms with Crippen LogP contribution in [-0.2, 0) is 6.54 Å². The van der Waals surface area contributed by atoms with Gasteiger partial charge in [-0.3, -0.25) is 14.8 Å². The first kappa shape index (κ1) is 19.8. The number of pyridine rings is 1. The van der Waals surface area contributed by atoms with E-state index in [1.54, 1.807) is 12.4 Å². The highest BCUT2D eigenvalue weighted by Gasteiger charge is 2.28. The van der Waals surface area contributed by atoms with E-state index in [9.17, 15) is 4.79 Å². The summed E-state index contributed by atoms with van der Waals surface area (Å²) in [6.07, 6.45) is 5.23. The second-order valence-corrected chi connectivity index (χ2v) is 8.83. The van der Waals surface area contributed by atoms with E-state index in [1.165, 1.54) is 11.1 Å². The Bertz CT molecular complexity index is 1110. The third-order valence-corrected chi connectivity index (χ3v) is 6.51. The van der Waals surface area contributed by atoms with Crippen molar-refractivity contribution in [3.05, 3.63) is 101 Å².